The molecule has 2 atom stereocenters. The summed E-state index contributed by atoms with van der Waals surface area (Å²) in [4.78, 5) is 4.49. The fraction of sp³-hybridized carbons (Fsp3) is 0.727. The molecule has 1 fully saturated rings. The summed E-state index contributed by atoms with van der Waals surface area (Å²) >= 11 is 2.03. The van der Waals surface area contributed by atoms with E-state index in [1.54, 1.807) is 6.26 Å². The minimum Gasteiger partial charge on any atom is -0.449 e. The fourth-order valence-corrected chi connectivity index (χ4v) is 3.04. The van der Waals surface area contributed by atoms with Crippen molar-refractivity contribution in [3.05, 3.63) is 17.8 Å². The summed E-state index contributed by atoms with van der Waals surface area (Å²) in [6.45, 7) is 2.71. The third kappa shape index (κ3) is 2.75. The standard InChI is InChI=1S/C11H18N2OS/c1-8(5-12)10-6-14-11(13-10)4-9-2-3-15-7-9/h6,8-9H,2-5,7,12H2,1H3. The van der Waals surface area contributed by atoms with Gasteiger partial charge in [-0.3, -0.25) is 0 Å². The van der Waals surface area contributed by atoms with Gasteiger partial charge in [-0.25, -0.2) is 4.98 Å². The summed E-state index contributed by atoms with van der Waals surface area (Å²) in [6, 6.07) is 0. The van der Waals surface area contributed by atoms with Crippen molar-refractivity contribution in [1.82, 2.24) is 4.98 Å². The summed E-state index contributed by atoms with van der Waals surface area (Å²) in [5.41, 5.74) is 6.59. The van der Waals surface area contributed by atoms with E-state index in [0.717, 1.165) is 23.9 Å². The molecule has 2 unspecified atom stereocenters. The lowest BCUT2D eigenvalue weighted by Gasteiger charge is -2.03. The van der Waals surface area contributed by atoms with Gasteiger partial charge in [0.15, 0.2) is 5.89 Å². The predicted octanol–water partition coefficient (Wildman–Crippen LogP) is 2.03. The first-order valence-corrected chi connectivity index (χ1v) is 6.67. The lowest BCUT2D eigenvalue weighted by atomic mass is 10.1. The van der Waals surface area contributed by atoms with Crippen LogP contribution in [0.1, 0.15) is 30.8 Å². The molecule has 0 amide bonds. The van der Waals surface area contributed by atoms with Crippen LogP contribution in [0.3, 0.4) is 0 Å². The molecule has 1 aromatic heterocycles. The summed E-state index contributed by atoms with van der Waals surface area (Å²) in [5, 5.41) is 0. The minimum atomic E-state index is 0.306. The highest BCUT2D eigenvalue weighted by molar-refractivity contribution is 7.99. The molecule has 1 aromatic rings. The molecule has 3 nitrogen and oxygen atoms in total. The van der Waals surface area contributed by atoms with Crippen LogP contribution in [-0.4, -0.2) is 23.0 Å². The van der Waals surface area contributed by atoms with Crippen molar-refractivity contribution in [3.8, 4) is 0 Å². The van der Waals surface area contributed by atoms with Crippen molar-refractivity contribution in [2.45, 2.75) is 25.7 Å². The monoisotopic (exact) mass is 226 g/mol. The van der Waals surface area contributed by atoms with Gasteiger partial charge in [0.2, 0.25) is 0 Å². The van der Waals surface area contributed by atoms with Crippen molar-refractivity contribution in [2.24, 2.45) is 11.7 Å². The number of rotatable bonds is 4. The Labute approximate surface area is 94.8 Å². The molecule has 1 saturated heterocycles. The first-order valence-electron chi connectivity index (χ1n) is 5.51. The highest BCUT2D eigenvalue weighted by Gasteiger charge is 2.19. The maximum atomic E-state index is 5.59. The molecule has 0 saturated carbocycles. The Morgan fingerprint density at radius 3 is 3.27 bits per heavy atom. The van der Waals surface area contributed by atoms with Crippen LogP contribution in [0.5, 0.6) is 0 Å². The van der Waals surface area contributed by atoms with E-state index in [-0.39, 0.29) is 0 Å². The van der Waals surface area contributed by atoms with Crippen LogP contribution >= 0.6 is 11.8 Å². The maximum Gasteiger partial charge on any atom is 0.194 e. The van der Waals surface area contributed by atoms with Crippen LogP contribution in [0, 0.1) is 5.92 Å². The van der Waals surface area contributed by atoms with Gasteiger partial charge in [-0.2, -0.15) is 11.8 Å². The highest BCUT2D eigenvalue weighted by atomic mass is 32.2. The summed E-state index contributed by atoms with van der Waals surface area (Å²) in [5.74, 6) is 4.50. The van der Waals surface area contributed by atoms with E-state index in [2.05, 4.69) is 11.9 Å². The smallest absolute Gasteiger partial charge is 0.194 e. The Bertz CT molecular complexity index is 307. The number of thioether (sulfide) groups is 1. The highest BCUT2D eigenvalue weighted by Crippen LogP contribution is 2.26. The van der Waals surface area contributed by atoms with Crippen molar-refractivity contribution in [3.63, 3.8) is 0 Å². The molecule has 0 radical (unpaired) electrons. The van der Waals surface area contributed by atoms with Crippen LogP contribution in [0.4, 0.5) is 0 Å². The third-order valence-electron chi connectivity index (χ3n) is 2.92. The quantitative estimate of drug-likeness (QED) is 0.853. The Morgan fingerprint density at radius 2 is 2.60 bits per heavy atom. The second kappa shape index (κ2) is 5.03. The molecule has 4 heteroatoms. The average Bonchev–Trinajstić information content (AvgIpc) is 2.88. The van der Waals surface area contributed by atoms with Crippen molar-refractivity contribution < 1.29 is 4.42 Å². The van der Waals surface area contributed by atoms with Crippen molar-refractivity contribution in [1.29, 1.82) is 0 Å². The zero-order valence-corrected chi connectivity index (χ0v) is 9.93. The van der Waals surface area contributed by atoms with Gasteiger partial charge in [0.25, 0.3) is 0 Å². The second-order valence-electron chi connectivity index (χ2n) is 4.24. The van der Waals surface area contributed by atoms with E-state index >= 15 is 0 Å². The summed E-state index contributed by atoms with van der Waals surface area (Å²) in [7, 11) is 0. The number of hydrogen-bond acceptors (Lipinski definition) is 4. The Balaban J connectivity index is 1.94. The van der Waals surface area contributed by atoms with Gasteiger partial charge in [-0.15, -0.1) is 0 Å². The van der Waals surface area contributed by atoms with Crippen LogP contribution < -0.4 is 5.73 Å². The predicted molar refractivity (Wildman–Crippen MR) is 63.1 cm³/mol. The molecule has 1 aliphatic heterocycles. The van der Waals surface area contributed by atoms with Gasteiger partial charge in [0.05, 0.1) is 5.69 Å². The molecule has 15 heavy (non-hydrogen) atoms. The molecule has 0 aromatic carbocycles. The summed E-state index contributed by atoms with van der Waals surface area (Å²) in [6.07, 6.45) is 4.05. The number of nitrogens with zero attached hydrogens (tertiary/aromatic N) is 1. The van der Waals surface area contributed by atoms with Gasteiger partial charge in [-0.05, 0) is 23.8 Å². The molecule has 0 aliphatic carbocycles. The lowest BCUT2D eigenvalue weighted by molar-refractivity contribution is 0.447. The average molecular weight is 226 g/mol. The van der Waals surface area contributed by atoms with E-state index in [0.29, 0.717) is 12.5 Å². The minimum absolute atomic E-state index is 0.306. The molecular formula is C11H18N2OS. The number of hydrogen-bond donors (Lipinski definition) is 1. The molecule has 2 rings (SSSR count). The zero-order chi connectivity index (χ0) is 10.7. The topological polar surface area (TPSA) is 52.0 Å². The Kier molecular flexibility index (Phi) is 3.70. The van der Waals surface area contributed by atoms with E-state index in [4.69, 9.17) is 10.2 Å². The van der Waals surface area contributed by atoms with Gasteiger partial charge in [-0.1, -0.05) is 6.92 Å². The zero-order valence-electron chi connectivity index (χ0n) is 9.11. The van der Waals surface area contributed by atoms with Gasteiger partial charge < -0.3 is 10.2 Å². The van der Waals surface area contributed by atoms with Crippen LogP contribution in [0.15, 0.2) is 10.7 Å². The van der Waals surface area contributed by atoms with E-state index in [9.17, 15) is 0 Å². The lowest BCUT2D eigenvalue weighted by Crippen LogP contribution is -2.09. The SMILES string of the molecule is CC(CN)c1coc(CC2CCSC2)n1. The molecular weight excluding hydrogens is 208 g/mol. The molecule has 2 heterocycles. The third-order valence-corrected chi connectivity index (χ3v) is 4.15. The Morgan fingerprint density at radius 1 is 1.73 bits per heavy atom. The summed E-state index contributed by atoms with van der Waals surface area (Å²) < 4.78 is 5.47. The maximum absolute atomic E-state index is 5.59. The van der Waals surface area contributed by atoms with E-state index < -0.39 is 0 Å². The molecule has 0 bridgehead atoms. The largest absolute Gasteiger partial charge is 0.449 e. The number of nitrogens with two attached hydrogens (primary N) is 1. The first-order chi connectivity index (χ1) is 7.29. The molecule has 1 aliphatic rings. The van der Waals surface area contributed by atoms with Crippen molar-refractivity contribution in [2.75, 3.05) is 18.1 Å². The normalized spacial score (nSPS) is 23.2. The van der Waals surface area contributed by atoms with Crippen LogP contribution in [-0.2, 0) is 6.42 Å². The second-order valence-corrected chi connectivity index (χ2v) is 5.39. The molecule has 84 valence electrons. The number of oxazole rings is 1. The number of aromatic nitrogens is 1. The van der Waals surface area contributed by atoms with Gasteiger partial charge >= 0.3 is 0 Å². The molecule has 2 N–H and O–H groups in total. The van der Waals surface area contributed by atoms with E-state index in [1.807, 2.05) is 11.8 Å². The fourth-order valence-electron chi connectivity index (χ4n) is 1.76. The Hall–Kier alpha value is -0.480. The van der Waals surface area contributed by atoms with Crippen LogP contribution in [0.2, 0.25) is 0 Å². The van der Waals surface area contributed by atoms with Crippen molar-refractivity contribution >= 4 is 11.8 Å². The van der Waals surface area contributed by atoms with Gasteiger partial charge in [0.1, 0.15) is 6.26 Å². The van der Waals surface area contributed by atoms with Gasteiger partial charge in [0, 0.05) is 18.9 Å². The van der Waals surface area contributed by atoms with E-state index in [1.165, 1.54) is 17.9 Å². The van der Waals surface area contributed by atoms with Crippen LogP contribution in [0.25, 0.3) is 0 Å². The molecule has 0 spiro atoms. The first kappa shape index (κ1) is 11.0.